The van der Waals surface area contributed by atoms with Crippen LogP contribution < -0.4 is 4.90 Å². The molecule has 0 spiro atoms. The molecule has 1 aromatic rings. The summed E-state index contributed by atoms with van der Waals surface area (Å²) in [6, 6.07) is 9.85. The van der Waals surface area contributed by atoms with Gasteiger partial charge in [0.05, 0.1) is 5.60 Å². The molecule has 14 heavy (non-hydrogen) atoms. The SMILES string of the molecule is C=C(N(C)c1ccccc1)C(C)(C)O. The van der Waals surface area contributed by atoms with Crippen LogP contribution >= 0.6 is 0 Å². The fourth-order valence-electron chi connectivity index (χ4n) is 1.22. The van der Waals surface area contributed by atoms with Gasteiger partial charge in [0.1, 0.15) is 0 Å². The first kappa shape index (κ1) is 10.8. The Morgan fingerprint density at radius 2 is 1.79 bits per heavy atom. The van der Waals surface area contributed by atoms with E-state index in [0.717, 1.165) is 5.69 Å². The van der Waals surface area contributed by atoms with Gasteiger partial charge in [0, 0.05) is 18.4 Å². The molecule has 0 aliphatic carbocycles. The molecule has 0 aliphatic rings. The van der Waals surface area contributed by atoms with Gasteiger partial charge in [-0.15, -0.1) is 0 Å². The van der Waals surface area contributed by atoms with E-state index in [1.165, 1.54) is 0 Å². The third kappa shape index (κ3) is 2.36. The molecule has 0 aliphatic heterocycles. The number of para-hydroxylation sites is 1. The van der Waals surface area contributed by atoms with E-state index < -0.39 is 5.60 Å². The highest BCUT2D eigenvalue weighted by Gasteiger charge is 2.21. The van der Waals surface area contributed by atoms with Crippen molar-refractivity contribution >= 4 is 5.69 Å². The van der Waals surface area contributed by atoms with Crippen molar-refractivity contribution < 1.29 is 5.11 Å². The number of benzene rings is 1. The van der Waals surface area contributed by atoms with E-state index in [4.69, 9.17) is 0 Å². The summed E-state index contributed by atoms with van der Waals surface area (Å²) in [7, 11) is 1.90. The van der Waals surface area contributed by atoms with Gasteiger partial charge >= 0.3 is 0 Å². The molecule has 0 radical (unpaired) electrons. The van der Waals surface area contributed by atoms with E-state index >= 15 is 0 Å². The second-order valence-electron chi connectivity index (χ2n) is 3.90. The average Bonchev–Trinajstić information content (AvgIpc) is 2.15. The molecule has 0 bridgehead atoms. The molecule has 0 heterocycles. The first-order valence-corrected chi connectivity index (χ1v) is 4.63. The zero-order valence-electron chi connectivity index (χ0n) is 8.99. The van der Waals surface area contributed by atoms with Gasteiger partial charge in [0.2, 0.25) is 0 Å². The van der Waals surface area contributed by atoms with Crippen LogP contribution in [0.25, 0.3) is 0 Å². The summed E-state index contributed by atoms with van der Waals surface area (Å²) in [5.41, 5.74) is 0.827. The first-order chi connectivity index (χ1) is 6.43. The van der Waals surface area contributed by atoms with Crippen LogP contribution in [0, 0.1) is 0 Å². The first-order valence-electron chi connectivity index (χ1n) is 4.63. The molecule has 0 fully saturated rings. The van der Waals surface area contributed by atoms with E-state index in [0.29, 0.717) is 5.70 Å². The number of nitrogens with zero attached hydrogens (tertiary/aromatic N) is 1. The molecule has 0 atom stereocenters. The van der Waals surface area contributed by atoms with Crippen molar-refractivity contribution in [3.05, 3.63) is 42.6 Å². The van der Waals surface area contributed by atoms with E-state index in [2.05, 4.69) is 6.58 Å². The Balaban J connectivity index is 2.87. The van der Waals surface area contributed by atoms with E-state index in [-0.39, 0.29) is 0 Å². The molecule has 0 unspecified atom stereocenters. The lowest BCUT2D eigenvalue weighted by atomic mass is 10.1. The van der Waals surface area contributed by atoms with E-state index in [1.54, 1.807) is 13.8 Å². The molecule has 1 aromatic carbocycles. The van der Waals surface area contributed by atoms with Crippen molar-refractivity contribution in [1.82, 2.24) is 0 Å². The zero-order valence-corrected chi connectivity index (χ0v) is 8.99. The normalized spacial score (nSPS) is 11.1. The maximum atomic E-state index is 9.78. The molecule has 0 amide bonds. The Morgan fingerprint density at radius 1 is 1.29 bits per heavy atom. The summed E-state index contributed by atoms with van der Waals surface area (Å²) in [6.07, 6.45) is 0. The summed E-state index contributed by atoms with van der Waals surface area (Å²) in [5.74, 6) is 0. The van der Waals surface area contributed by atoms with Crippen LogP contribution in [0.3, 0.4) is 0 Å². The summed E-state index contributed by atoms with van der Waals surface area (Å²) >= 11 is 0. The van der Waals surface area contributed by atoms with Crippen molar-refractivity contribution in [3.63, 3.8) is 0 Å². The van der Waals surface area contributed by atoms with Crippen LogP contribution in [0.15, 0.2) is 42.6 Å². The summed E-state index contributed by atoms with van der Waals surface area (Å²) < 4.78 is 0. The Hall–Kier alpha value is -1.28. The van der Waals surface area contributed by atoms with Crippen LogP contribution in [0.5, 0.6) is 0 Å². The van der Waals surface area contributed by atoms with Crippen molar-refractivity contribution in [2.45, 2.75) is 19.4 Å². The maximum Gasteiger partial charge on any atom is 0.0983 e. The Labute approximate surface area is 85.5 Å². The monoisotopic (exact) mass is 191 g/mol. The second-order valence-corrected chi connectivity index (χ2v) is 3.90. The largest absolute Gasteiger partial charge is 0.384 e. The van der Waals surface area contributed by atoms with Crippen molar-refractivity contribution in [3.8, 4) is 0 Å². The minimum absolute atomic E-state index is 0.684. The molecule has 1 N–H and O–H groups in total. The van der Waals surface area contributed by atoms with Gasteiger partial charge in [0.25, 0.3) is 0 Å². The van der Waals surface area contributed by atoms with Gasteiger partial charge in [-0.3, -0.25) is 0 Å². The number of hydrogen-bond acceptors (Lipinski definition) is 2. The van der Waals surface area contributed by atoms with Crippen molar-refractivity contribution in [2.75, 3.05) is 11.9 Å². The highest BCUT2D eigenvalue weighted by molar-refractivity contribution is 5.51. The van der Waals surface area contributed by atoms with E-state index in [9.17, 15) is 5.11 Å². The fourth-order valence-corrected chi connectivity index (χ4v) is 1.22. The molecule has 0 saturated heterocycles. The maximum absolute atomic E-state index is 9.78. The lowest BCUT2D eigenvalue weighted by molar-refractivity contribution is 0.118. The molecule has 0 aromatic heterocycles. The predicted octanol–water partition coefficient (Wildman–Crippen LogP) is 2.41. The zero-order chi connectivity index (χ0) is 10.8. The standard InChI is InChI=1S/C12H17NO/c1-10(12(2,3)14)13(4)11-8-6-5-7-9-11/h5-9,14H,1H2,2-4H3. The molecule has 2 heteroatoms. The molecular weight excluding hydrogens is 174 g/mol. The smallest absolute Gasteiger partial charge is 0.0983 e. The Kier molecular flexibility index (Phi) is 2.96. The van der Waals surface area contributed by atoms with Gasteiger partial charge in [-0.05, 0) is 26.0 Å². The van der Waals surface area contributed by atoms with Crippen molar-refractivity contribution in [2.24, 2.45) is 0 Å². The topological polar surface area (TPSA) is 23.5 Å². The minimum atomic E-state index is -0.884. The van der Waals surface area contributed by atoms with Crippen LogP contribution in [-0.4, -0.2) is 17.8 Å². The molecule has 2 nitrogen and oxygen atoms in total. The number of likely N-dealkylation sites (N-methyl/N-ethyl adjacent to an activating group) is 1. The van der Waals surface area contributed by atoms with Crippen LogP contribution in [0.4, 0.5) is 5.69 Å². The van der Waals surface area contributed by atoms with Gasteiger partial charge in [-0.1, -0.05) is 24.8 Å². The summed E-state index contributed by atoms with van der Waals surface area (Å²) in [5, 5.41) is 9.78. The lowest BCUT2D eigenvalue weighted by Crippen LogP contribution is -2.32. The van der Waals surface area contributed by atoms with E-state index in [1.807, 2.05) is 42.3 Å². The number of anilines is 1. The lowest BCUT2D eigenvalue weighted by Gasteiger charge is -2.30. The van der Waals surface area contributed by atoms with Gasteiger partial charge in [-0.2, -0.15) is 0 Å². The summed E-state index contributed by atoms with van der Waals surface area (Å²) in [6.45, 7) is 7.34. The summed E-state index contributed by atoms with van der Waals surface area (Å²) in [4.78, 5) is 1.89. The van der Waals surface area contributed by atoms with Crippen LogP contribution in [-0.2, 0) is 0 Å². The number of rotatable bonds is 3. The number of aliphatic hydroxyl groups is 1. The molecule has 0 saturated carbocycles. The molecular formula is C12H17NO. The number of hydrogen-bond donors (Lipinski definition) is 1. The van der Waals surface area contributed by atoms with Gasteiger partial charge < -0.3 is 10.0 Å². The Morgan fingerprint density at radius 3 is 2.21 bits per heavy atom. The highest BCUT2D eigenvalue weighted by atomic mass is 16.3. The predicted molar refractivity (Wildman–Crippen MR) is 60.3 cm³/mol. The minimum Gasteiger partial charge on any atom is -0.384 e. The Bertz CT molecular complexity index is 311. The van der Waals surface area contributed by atoms with Crippen molar-refractivity contribution in [1.29, 1.82) is 0 Å². The third-order valence-corrected chi connectivity index (χ3v) is 2.25. The third-order valence-electron chi connectivity index (χ3n) is 2.25. The highest BCUT2D eigenvalue weighted by Crippen LogP contribution is 2.22. The second kappa shape index (κ2) is 3.84. The molecule has 1 rings (SSSR count). The average molecular weight is 191 g/mol. The van der Waals surface area contributed by atoms with Gasteiger partial charge in [-0.25, -0.2) is 0 Å². The quantitative estimate of drug-likeness (QED) is 0.793. The fraction of sp³-hybridized carbons (Fsp3) is 0.333. The van der Waals surface area contributed by atoms with Gasteiger partial charge in [0.15, 0.2) is 0 Å². The molecule has 76 valence electrons. The van der Waals surface area contributed by atoms with Crippen LogP contribution in [0.1, 0.15) is 13.8 Å². The van der Waals surface area contributed by atoms with Crippen LogP contribution in [0.2, 0.25) is 0 Å².